The minimum absolute atomic E-state index is 0.549. The van der Waals surface area contributed by atoms with Crippen molar-refractivity contribution in [2.24, 2.45) is 4.99 Å². The van der Waals surface area contributed by atoms with E-state index in [4.69, 9.17) is 0 Å². The van der Waals surface area contributed by atoms with Gasteiger partial charge in [0.15, 0.2) is 0 Å². The van der Waals surface area contributed by atoms with Crippen molar-refractivity contribution < 1.29 is 0 Å². The van der Waals surface area contributed by atoms with Gasteiger partial charge in [-0.05, 0) is 31.0 Å². The Morgan fingerprint density at radius 2 is 2.08 bits per heavy atom. The standard InChI is InChI=1S/C11H13N/c1-2-5-10(6-3-1)9-11-7-4-8-12-11/h1-3,5-6,8,11H,4,7,9H2. The van der Waals surface area contributed by atoms with E-state index in [1.165, 1.54) is 12.0 Å². The SMILES string of the molecule is C1=NC(Cc2ccccc2)CC1. The Hall–Kier alpha value is -1.11. The van der Waals surface area contributed by atoms with E-state index < -0.39 is 0 Å². The zero-order valence-corrected chi connectivity index (χ0v) is 7.11. The lowest BCUT2D eigenvalue weighted by Gasteiger charge is -2.05. The summed E-state index contributed by atoms with van der Waals surface area (Å²) >= 11 is 0. The molecule has 0 radical (unpaired) electrons. The highest BCUT2D eigenvalue weighted by Gasteiger charge is 2.10. The van der Waals surface area contributed by atoms with Gasteiger partial charge in [0.2, 0.25) is 0 Å². The molecule has 1 aliphatic heterocycles. The third-order valence-electron chi connectivity index (χ3n) is 2.26. The average molecular weight is 159 g/mol. The molecule has 12 heavy (non-hydrogen) atoms. The molecule has 1 heteroatoms. The van der Waals surface area contributed by atoms with Crippen molar-refractivity contribution in [1.82, 2.24) is 0 Å². The smallest absolute Gasteiger partial charge is 0.0539 e. The van der Waals surface area contributed by atoms with Crippen molar-refractivity contribution in [2.75, 3.05) is 0 Å². The van der Waals surface area contributed by atoms with Crippen LogP contribution in [0.1, 0.15) is 18.4 Å². The van der Waals surface area contributed by atoms with Gasteiger partial charge >= 0.3 is 0 Å². The molecule has 1 unspecified atom stereocenters. The van der Waals surface area contributed by atoms with Crippen LogP contribution >= 0.6 is 0 Å². The van der Waals surface area contributed by atoms with E-state index in [9.17, 15) is 0 Å². The molecule has 0 spiro atoms. The average Bonchev–Trinajstić information content (AvgIpc) is 2.59. The molecule has 1 atom stereocenters. The maximum absolute atomic E-state index is 4.41. The Balaban J connectivity index is 1.99. The number of hydrogen-bond acceptors (Lipinski definition) is 1. The maximum Gasteiger partial charge on any atom is 0.0539 e. The lowest BCUT2D eigenvalue weighted by Crippen LogP contribution is -2.03. The fraction of sp³-hybridized carbons (Fsp3) is 0.364. The summed E-state index contributed by atoms with van der Waals surface area (Å²) in [6, 6.07) is 11.1. The first-order chi connectivity index (χ1) is 5.95. The molecule has 1 nitrogen and oxygen atoms in total. The second kappa shape index (κ2) is 3.53. The van der Waals surface area contributed by atoms with Crippen LogP contribution in [0.25, 0.3) is 0 Å². The molecule has 0 saturated carbocycles. The van der Waals surface area contributed by atoms with E-state index >= 15 is 0 Å². The highest BCUT2D eigenvalue weighted by molar-refractivity contribution is 5.59. The van der Waals surface area contributed by atoms with Crippen LogP contribution in [0.2, 0.25) is 0 Å². The number of rotatable bonds is 2. The van der Waals surface area contributed by atoms with Crippen molar-refractivity contribution in [3.63, 3.8) is 0 Å². The van der Waals surface area contributed by atoms with Crippen molar-refractivity contribution in [1.29, 1.82) is 0 Å². The summed E-state index contributed by atoms with van der Waals surface area (Å²) in [6.45, 7) is 0. The normalized spacial score (nSPS) is 21.5. The van der Waals surface area contributed by atoms with Gasteiger partial charge in [0.25, 0.3) is 0 Å². The van der Waals surface area contributed by atoms with Crippen LogP contribution < -0.4 is 0 Å². The van der Waals surface area contributed by atoms with Gasteiger partial charge in [-0.2, -0.15) is 0 Å². The zero-order chi connectivity index (χ0) is 8.23. The van der Waals surface area contributed by atoms with Crippen LogP contribution in [0.3, 0.4) is 0 Å². The molecule has 62 valence electrons. The second-order valence-corrected chi connectivity index (χ2v) is 3.25. The van der Waals surface area contributed by atoms with Crippen LogP contribution in [0.5, 0.6) is 0 Å². The summed E-state index contributed by atoms with van der Waals surface area (Å²) in [5, 5.41) is 0. The molecule has 0 N–H and O–H groups in total. The molecule has 0 bridgehead atoms. The fourth-order valence-electron chi connectivity index (χ4n) is 1.61. The first kappa shape index (κ1) is 7.53. The Kier molecular flexibility index (Phi) is 2.21. The lowest BCUT2D eigenvalue weighted by molar-refractivity contribution is 0.667. The molecular formula is C11H13N. The first-order valence-electron chi connectivity index (χ1n) is 4.51. The topological polar surface area (TPSA) is 12.4 Å². The summed E-state index contributed by atoms with van der Waals surface area (Å²) in [4.78, 5) is 4.41. The molecule has 0 aromatic heterocycles. The van der Waals surface area contributed by atoms with E-state index in [1.807, 2.05) is 6.21 Å². The molecular weight excluding hydrogens is 146 g/mol. The minimum atomic E-state index is 0.549. The van der Waals surface area contributed by atoms with E-state index in [0.29, 0.717) is 6.04 Å². The number of aliphatic imine (C=N–C) groups is 1. The fourth-order valence-corrected chi connectivity index (χ4v) is 1.61. The summed E-state index contributed by atoms with van der Waals surface area (Å²) in [7, 11) is 0. The van der Waals surface area contributed by atoms with Gasteiger partial charge in [0.1, 0.15) is 0 Å². The van der Waals surface area contributed by atoms with Crippen molar-refractivity contribution in [2.45, 2.75) is 25.3 Å². The van der Waals surface area contributed by atoms with Gasteiger partial charge < -0.3 is 0 Å². The van der Waals surface area contributed by atoms with Crippen LogP contribution in [0.4, 0.5) is 0 Å². The van der Waals surface area contributed by atoms with E-state index in [0.717, 1.165) is 12.8 Å². The molecule has 0 amide bonds. The molecule has 0 fully saturated rings. The zero-order valence-electron chi connectivity index (χ0n) is 7.11. The van der Waals surface area contributed by atoms with Gasteiger partial charge in [-0.15, -0.1) is 0 Å². The molecule has 1 aliphatic rings. The third kappa shape index (κ3) is 1.73. The molecule has 0 aliphatic carbocycles. The van der Waals surface area contributed by atoms with Crippen molar-refractivity contribution >= 4 is 6.21 Å². The maximum atomic E-state index is 4.41. The van der Waals surface area contributed by atoms with Gasteiger partial charge in [0, 0.05) is 0 Å². The highest BCUT2D eigenvalue weighted by Crippen LogP contribution is 2.13. The monoisotopic (exact) mass is 159 g/mol. The van der Waals surface area contributed by atoms with E-state index in [-0.39, 0.29) is 0 Å². The summed E-state index contributed by atoms with van der Waals surface area (Å²) in [5.74, 6) is 0. The quantitative estimate of drug-likeness (QED) is 0.628. The van der Waals surface area contributed by atoms with Gasteiger partial charge in [-0.25, -0.2) is 0 Å². The summed E-state index contributed by atoms with van der Waals surface area (Å²) < 4.78 is 0. The van der Waals surface area contributed by atoms with Crippen LogP contribution in [0, 0.1) is 0 Å². The minimum Gasteiger partial charge on any atom is -0.294 e. The van der Waals surface area contributed by atoms with Crippen LogP contribution in [-0.4, -0.2) is 12.3 Å². The van der Waals surface area contributed by atoms with Gasteiger partial charge in [-0.1, -0.05) is 30.3 Å². The van der Waals surface area contributed by atoms with E-state index in [1.54, 1.807) is 0 Å². The van der Waals surface area contributed by atoms with Gasteiger partial charge in [-0.3, -0.25) is 4.99 Å². The Labute approximate surface area is 73.1 Å². The predicted octanol–water partition coefficient (Wildman–Crippen LogP) is 2.46. The Morgan fingerprint density at radius 3 is 2.75 bits per heavy atom. The van der Waals surface area contributed by atoms with E-state index in [2.05, 4.69) is 35.3 Å². The summed E-state index contributed by atoms with van der Waals surface area (Å²) in [6.07, 6.45) is 5.55. The lowest BCUT2D eigenvalue weighted by atomic mass is 10.0. The molecule has 2 rings (SSSR count). The highest BCUT2D eigenvalue weighted by atomic mass is 14.8. The van der Waals surface area contributed by atoms with Crippen LogP contribution in [-0.2, 0) is 6.42 Å². The van der Waals surface area contributed by atoms with Gasteiger partial charge in [0.05, 0.1) is 6.04 Å². The third-order valence-corrected chi connectivity index (χ3v) is 2.26. The Bertz CT molecular complexity index is 264. The molecule has 1 aromatic carbocycles. The van der Waals surface area contributed by atoms with Crippen molar-refractivity contribution in [3.8, 4) is 0 Å². The number of benzene rings is 1. The second-order valence-electron chi connectivity index (χ2n) is 3.25. The first-order valence-corrected chi connectivity index (χ1v) is 4.51. The molecule has 1 heterocycles. The predicted molar refractivity (Wildman–Crippen MR) is 51.7 cm³/mol. The molecule has 1 aromatic rings. The molecule has 0 saturated heterocycles. The largest absolute Gasteiger partial charge is 0.294 e. The summed E-state index contributed by atoms with van der Waals surface area (Å²) in [5.41, 5.74) is 1.40. The van der Waals surface area contributed by atoms with Crippen molar-refractivity contribution in [3.05, 3.63) is 35.9 Å². The number of hydrogen-bond donors (Lipinski definition) is 0. The Morgan fingerprint density at radius 1 is 1.25 bits per heavy atom. The van der Waals surface area contributed by atoms with Crippen LogP contribution in [0.15, 0.2) is 35.3 Å². The number of nitrogens with zero attached hydrogens (tertiary/aromatic N) is 1.